The number of benzene rings is 1. The van der Waals surface area contributed by atoms with Gasteiger partial charge in [-0.1, -0.05) is 19.0 Å². The Hall–Kier alpha value is -2.37. The van der Waals surface area contributed by atoms with E-state index in [9.17, 15) is 10.1 Å². The molecule has 0 spiro atoms. The zero-order chi connectivity index (χ0) is 16.2. The van der Waals surface area contributed by atoms with E-state index in [-0.39, 0.29) is 10.6 Å². The standard InChI is InChI=1S/C13H15N3O3.C2H6/c1-7-5-10(12-8(2)15-19-9(12)3)6-11(16(17)18)13(7)14-4;1-2/h5-6,14H,1-4H3;1-2H3. The van der Waals surface area contributed by atoms with Crippen molar-refractivity contribution in [1.29, 1.82) is 0 Å². The predicted molar refractivity (Wildman–Crippen MR) is 83.7 cm³/mol. The average molecular weight is 291 g/mol. The monoisotopic (exact) mass is 291 g/mol. The third-order valence-electron chi connectivity index (χ3n) is 3.08. The van der Waals surface area contributed by atoms with E-state index in [1.54, 1.807) is 20.0 Å². The van der Waals surface area contributed by atoms with Crippen LogP contribution < -0.4 is 5.32 Å². The largest absolute Gasteiger partial charge is 0.382 e. The van der Waals surface area contributed by atoms with Gasteiger partial charge in [0.2, 0.25) is 0 Å². The molecular weight excluding hydrogens is 270 g/mol. The van der Waals surface area contributed by atoms with E-state index < -0.39 is 0 Å². The number of rotatable bonds is 3. The summed E-state index contributed by atoms with van der Waals surface area (Å²) in [6, 6.07) is 3.44. The summed E-state index contributed by atoms with van der Waals surface area (Å²) in [4.78, 5) is 10.8. The molecule has 2 aromatic rings. The Morgan fingerprint density at radius 1 is 1.24 bits per heavy atom. The van der Waals surface area contributed by atoms with Crippen molar-refractivity contribution in [1.82, 2.24) is 5.16 Å². The lowest BCUT2D eigenvalue weighted by Gasteiger charge is -2.09. The number of nitro benzene ring substituents is 1. The van der Waals surface area contributed by atoms with E-state index in [1.807, 2.05) is 33.8 Å². The summed E-state index contributed by atoms with van der Waals surface area (Å²) in [7, 11) is 1.67. The Kier molecular flexibility index (Phi) is 5.46. The van der Waals surface area contributed by atoms with Crippen LogP contribution in [0.15, 0.2) is 16.7 Å². The normalized spacial score (nSPS) is 9.81. The van der Waals surface area contributed by atoms with Crippen LogP contribution in [0.2, 0.25) is 0 Å². The molecular formula is C15H21N3O3. The third-order valence-corrected chi connectivity index (χ3v) is 3.08. The second kappa shape index (κ2) is 6.88. The molecule has 1 aromatic heterocycles. The van der Waals surface area contributed by atoms with Crippen molar-refractivity contribution >= 4 is 11.4 Å². The SMILES string of the molecule is CC.CNc1c(C)cc(-c2c(C)noc2C)cc1[N+](=O)[O-]. The van der Waals surface area contributed by atoms with E-state index in [4.69, 9.17) is 4.52 Å². The third kappa shape index (κ3) is 3.21. The van der Waals surface area contributed by atoms with Crippen LogP contribution in [-0.4, -0.2) is 17.1 Å². The first-order valence-corrected chi connectivity index (χ1v) is 6.85. The van der Waals surface area contributed by atoms with E-state index in [0.29, 0.717) is 11.4 Å². The van der Waals surface area contributed by atoms with Gasteiger partial charge in [-0.05, 0) is 38.0 Å². The quantitative estimate of drug-likeness (QED) is 0.675. The maximum Gasteiger partial charge on any atom is 0.293 e. The van der Waals surface area contributed by atoms with Gasteiger partial charge in [-0.15, -0.1) is 0 Å². The number of nitrogens with zero attached hydrogens (tertiary/aromatic N) is 2. The molecule has 6 nitrogen and oxygen atoms in total. The minimum atomic E-state index is -0.388. The first kappa shape index (κ1) is 16.7. The molecule has 0 bridgehead atoms. The molecule has 1 heterocycles. The molecule has 0 saturated heterocycles. The van der Waals surface area contributed by atoms with Gasteiger partial charge in [-0.3, -0.25) is 10.1 Å². The van der Waals surface area contributed by atoms with Crippen LogP contribution in [0.1, 0.15) is 30.9 Å². The lowest BCUT2D eigenvalue weighted by molar-refractivity contribution is -0.383. The lowest BCUT2D eigenvalue weighted by atomic mass is 10.00. The highest BCUT2D eigenvalue weighted by molar-refractivity contribution is 5.78. The maximum absolute atomic E-state index is 11.2. The first-order valence-electron chi connectivity index (χ1n) is 6.85. The van der Waals surface area contributed by atoms with Crippen LogP contribution in [0.4, 0.5) is 11.4 Å². The van der Waals surface area contributed by atoms with Gasteiger partial charge < -0.3 is 9.84 Å². The molecule has 0 aliphatic heterocycles. The number of anilines is 1. The number of hydrogen-bond donors (Lipinski definition) is 1. The van der Waals surface area contributed by atoms with Crippen molar-refractivity contribution < 1.29 is 9.45 Å². The van der Waals surface area contributed by atoms with E-state index in [2.05, 4.69) is 10.5 Å². The van der Waals surface area contributed by atoms with Crippen molar-refractivity contribution in [2.24, 2.45) is 0 Å². The van der Waals surface area contributed by atoms with Crippen LogP contribution >= 0.6 is 0 Å². The fraction of sp³-hybridized carbons (Fsp3) is 0.400. The van der Waals surface area contributed by atoms with E-state index in [1.165, 1.54) is 0 Å². The Morgan fingerprint density at radius 3 is 2.29 bits per heavy atom. The summed E-state index contributed by atoms with van der Waals surface area (Å²) in [6.45, 7) is 9.45. The summed E-state index contributed by atoms with van der Waals surface area (Å²) in [5.74, 6) is 0.656. The Bertz CT molecular complexity index is 628. The number of nitro groups is 1. The van der Waals surface area contributed by atoms with Crippen molar-refractivity contribution in [2.45, 2.75) is 34.6 Å². The number of aromatic nitrogens is 1. The van der Waals surface area contributed by atoms with Crippen LogP contribution in [0.25, 0.3) is 11.1 Å². The predicted octanol–water partition coefficient (Wildman–Crippen LogP) is 4.24. The fourth-order valence-electron chi connectivity index (χ4n) is 2.28. The number of hydrogen-bond acceptors (Lipinski definition) is 5. The molecule has 0 unspecified atom stereocenters. The van der Waals surface area contributed by atoms with Gasteiger partial charge in [-0.2, -0.15) is 0 Å². The molecule has 6 heteroatoms. The molecule has 114 valence electrons. The van der Waals surface area contributed by atoms with Gasteiger partial charge in [0.15, 0.2) is 0 Å². The van der Waals surface area contributed by atoms with Crippen molar-refractivity contribution in [3.8, 4) is 11.1 Å². The molecule has 0 aliphatic carbocycles. The molecule has 0 aliphatic rings. The summed E-state index contributed by atoms with van der Waals surface area (Å²) in [6.07, 6.45) is 0. The summed E-state index contributed by atoms with van der Waals surface area (Å²) in [5, 5.41) is 17.9. The van der Waals surface area contributed by atoms with Crippen LogP contribution in [-0.2, 0) is 0 Å². The van der Waals surface area contributed by atoms with Gasteiger partial charge >= 0.3 is 0 Å². The molecule has 0 saturated carbocycles. The van der Waals surface area contributed by atoms with E-state index >= 15 is 0 Å². The van der Waals surface area contributed by atoms with Crippen LogP contribution in [0.5, 0.6) is 0 Å². The van der Waals surface area contributed by atoms with Gasteiger partial charge in [0.25, 0.3) is 5.69 Å². The minimum Gasteiger partial charge on any atom is -0.382 e. The zero-order valence-electron chi connectivity index (χ0n) is 13.3. The highest BCUT2D eigenvalue weighted by Gasteiger charge is 2.20. The van der Waals surface area contributed by atoms with Gasteiger partial charge in [-0.25, -0.2) is 0 Å². The molecule has 0 fully saturated rings. The smallest absolute Gasteiger partial charge is 0.293 e. The molecule has 2 rings (SSSR count). The second-order valence-electron chi connectivity index (χ2n) is 4.39. The Morgan fingerprint density at radius 2 is 1.86 bits per heavy atom. The molecule has 1 aromatic carbocycles. The van der Waals surface area contributed by atoms with Crippen molar-refractivity contribution in [3.63, 3.8) is 0 Å². The summed E-state index contributed by atoms with van der Waals surface area (Å²) in [5.41, 5.74) is 3.68. The van der Waals surface area contributed by atoms with Crippen molar-refractivity contribution in [3.05, 3.63) is 39.3 Å². The van der Waals surface area contributed by atoms with Gasteiger partial charge in [0.1, 0.15) is 11.4 Å². The molecule has 0 radical (unpaired) electrons. The highest BCUT2D eigenvalue weighted by atomic mass is 16.6. The van der Waals surface area contributed by atoms with Crippen LogP contribution in [0, 0.1) is 30.9 Å². The molecule has 0 atom stereocenters. The fourth-order valence-corrected chi connectivity index (χ4v) is 2.28. The Balaban J connectivity index is 0.00000106. The molecule has 1 N–H and O–H groups in total. The molecule has 21 heavy (non-hydrogen) atoms. The second-order valence-corrected chi connectivity index (χ2v) is 4.39. The highest BCUT2D eigenvalue weighted by Crippen LogP contribution is 2.36. The zero-order valence-corrected chi connectivity index (χ0v) is 13.3. The minimum absolute atomic E-state index is 0.0532. The first-order chi connectivity index (χ1) is 9.95. The lowest BCUT2D eigenvalue weighted by Crippen LogP contribution is -2.00. The summed E-state index contributed by atoms with van der Waals surface area (Å²) < 4.78 is 5.11. The van der Waals surface area contributed by atoms with Crippen molar-refractivity contribution in [2.75, 3.05) is 12.4 Å². The van der Waals surface area contributed by atoms with Gasteiger partial charge in [0.05, 0.1) is 10.6 Å². The average Bonchev–Trinajstić information content (AvgIpc) is 2.79. The topological polar surface area (TPSA) is 81.2 Å². The number of nitrogens with one attached hydrogen (secondary N) is 1. The number of aryl methyl sites for hydroxylation is 3. The summed E-state index contributed by atoms with van der Waals surface area (Å²) >= 11 is 0. The molecule has 0 amide bonds. The maximum atomic E-state index is 11.2. The van der Waals surface area contributed by atoms with Crippen LogP contribution in [0.3, 0.4) is 0 Å². The van der Waals surface area contributed by atoms with Gasteiger partial charge in [0, 0.05) is 18.7 Å². The van der Waals surface area contributed by atoms with E-state index in [0.717, 1.165) is 22.4 Å². The Labute approximate surface area is 124 Å².